The van der Waals surface area contributed by atoms with Gasteiger partial charge in [-0.2, -0.15) is 0 Å². The number of ether oxygens (including phenoxy) is 1. The van der Waals surface area contributed by atoms with Crippen LogP contribution in [0.25, 0.3) is 11.3 Å². The average Bonchev–Trinajstić information content (AvgIpc) is 3.16. The van der Waals surface area contributed by atoms with Gasteiger partial charge in [-0.3, -0.25) is 4.79 Å². The van der Waals surface area contributed by atoms with Gasteiger partial charge in [0.25, 0.3) is 5.56 Å². The summed E-state index contributed by atoms with van der Waals surface area (Å²) in [7, 11) is 0. The van der Waals surface area contributed by atoms with Crippen LogP contribution in [0.15, 0.2) is 29.1 Å². The first-order valence-electron chi connectivity index (χ1n) is 6.67. The number of rotatable bonds is 2. The molecule has 4 rings (SSSR count). The normalized spacial score (nSPS) is 17.1. The van der Waals surface area contributed by atoms with E-state index in [0.29, 0.717) is 5.92 Å². The van der Waals surface area contributed by atoms with Crippen LogP contribution in [-0.4, -0.2) is 16.6 Å². The zero-order chi connectivity index (χ0) is 12.8. The summed E-state index contributed by atoms with van der Waals surface area (Å²) in [6.07, 6.45) is 3.19. The van der Waals surface area contributed by atoms with Gasteiger partial charge in [0.1, 0.15) is 11.6 Å². The molecular formula is C15H14N2O2. The minimum absolute atomic E-state index is 0.0661. The largest absolute Gasteiger partial charge is 0.493 e. The molecule has 1 aromatic heterocycles. The monoisotopic (exact) mass is 254 g/mol. The van der Waals surface area contributed by atoms with Crippen molar-refractivity contribution >= 4 is 0 Å². The van der Waals surface area contributed by atoms with Crippen molar-refractivity contribution in [3.63, 3.8) is 0 Å². The molecule has 19 heavy (non-hydrogen) atoms. The van der Waals surface area contributed by atoms with E-state index >= 15 is 0 Å². The molecule has 1 fully saturated rings. The van der Waals surface area contributed by atoms with Gasteiger partial charge in [-0.05, 0) is 36.6 Å². The lowest BCUT2D eigenvalue weighted by Crippen LogP contribution is -2.10. The van der Waals surface area contributed by atoms with Crippen LogP contribution in [0.1, 0.15) is 30.1 Å². The summed E-state index contributed by atoms with van der Waals surface area (Å²) in [5, 5.41) is 0. The molecule has 2 aliphatic rings. The molecule has 1 saturated carbocycles. The number of hydrogen-bond acceptors (Lipinski definition) is 3. The Kier molecular flexibility index (Phi) is 2.24. The van der Waals surface area contributed by atoms with Crippen LogP contribution < -0.4 is 10.3 Å². The summed E-state index contributed by atoms with van der Waals surface area (Å²) in [6, 6.07) is 7.60. The van der Waals surface area contributed by atoms with Crippen molar-refractivity contribution < 1.29 is 4.74 Å². The molecule has 0 bridgehead atoms. The molecule has 1 N–H and O–H groups in total. The molecule has 2 aromatic rings. The zero-order valence-corrected chi connectivity index (χ0v) is 10.5. The second-order valence-corrected chi connectivity index (χ2v) is 5.21. The van der Waals surface area contributed by atoms with Crippen LogP contribution >= 0.6 is 0 Å². The first kappa shape index (κ1) is 10.8. The van der Waals surface area contributed by atoms with Crippen LogP contribution in [0, 0.1) is 0 Å². The van der Waals surface area contributed by atoms with E-state index in [9.17, 15) is 4.79 Å². The SMILES string of the molecule is O=c1cc(-c2ccc3c(c2)CCO3)nc(C2CC2)[nH]1. The van der Waals surface area contributed by atoms with E-state index in [-0.39, 0.29) is 5.56 Å². The predicted molar refractivity (Wildman–Crippen MR) is 71.5 cm³/mol. The molecule has 0 amide bonds. The lowest BCUT2D eigenvalue weighted by atomic mass is 10.1. The minimum Gasteiger partial charge on any atom is -0.493 e. The van der Waals surface area contributed by atoms with Gasteiger partial charge < -0.3 is 9.72 Å². The summed E-state index contributed by atoms with van der Waals surface area (Å²) >= 11 is 0. The number of hydrogen-bond donors (Lipinski definition) is 1. The number of aromatic nitrogens is 2. The van der Waals surface area contributed by atoms with Crippen molar-refractivity contribution in [2.75, 3.05) is 6.61 Å². The van der Waals surface area contributed by atoms with Crippen LogP contribution in [-0.2, 0) is 6.42 Å². The number of nitrogens with zero attached hydrogens (tertiary/aromatic N) is 1. The topological polar surface area (TPSA) is 55.0 Å². The van der Waals surface area contributed by atoms with Crippen LogP contribution in [0.2, 0.25) is 0 Å². The number of benzene rings is 1. The van der Waals surface area contributed by atoms with E-state index in [1.165, 1.54) is 5.56 Å². The maximum absolute atomic E-state index is 11.7. The third-order valence-corrected chi connectivity index (χ3v) is 3.71. The highest BCUT2D eigenvalue weighted by atomic mass is 16.5. The summed E-state index contributed by atoms with van der Waals surface area (Å²) in [4.78, 5) is 19.2. The van der Waals surface area contributed by atoms with Gasteiger partial charge in [0.2, 0.25) is 0 Å². The van der Waals surface area contributed by atoms with Crippen molar-refractivity contribution in [3.05, 3.63) is 46.0 Å². The third kappa shape index (κ3) is 1.93. The Bertz CT molecular complexity index is 702. The summed E-state index contributed by atoms with van der Waals surface area (Å²) in [5.41, 5.74) is 2.90. The Labute approximate surface area is 110 Å². The van der Waals surface area contributed by atoms with Crippen molar-refractivity contribution in [1.29, 1.82) is 0 Å². The molecule has 4 heteroatoms. The fourth-order valence-electron chi connectivity index (χ4n) is 2.52. The van der Waals surface area contributed by atoms with Crippen molar-refractivity contribution in [1.82, 2.24) is 9.97 Å². The zero-order valence-electron chi connectivity index (χ0n) is 10.5. The first-order chi connectivity index (χ1) is 9.29. The number of aromatic amines is 1. The molecule has 1 aromatic carbocycles. The number of H-pyrrole nitrogens is 1. The first-order valence-corrected chi connectivity index (χ1v) is 6.67. The molecule has 96 valence electrons. The summed E-state index contributed by atoms with van der Waals surface area (Å²) in [6.45, 7) is 0.745. The predicted octanol–water partition coefficient (Wildman–Crippen LogP) is 2.25. The molecule has 0 saturated heterocycles. The standard InChI is InChI=1S/C15H14N2O2/c18-14-8-12(16-15(17-14)9-1-2-9)10-3-4-13-11(7-10)5-6-19-13/h3-4,7-9H,1-2,5-6H2,(H,16,17,18). The summed E-state index contributed by atoms with van der Waals surface area (Å²) in [5.74, 6) is 2.24. The van der Waals surface area contributed by atoms with Crippen LogP contribution in [0.5, 0.6) is 5.75 Å². The van der Waals surface area contributed by atoms with Crippen molar-refractivity contribution in [2.24, 2.45) is 0 Å². The Morgan fingerprint density at radius 2 is 2.16 bits per heavy atom. The van der Waals surface area contributed by atoms with Crippen molar-refractivity contribution in [3.8, 4) is 17.0 Å². The van der Waals surface area contributed by atoms with Crippen molar-refractivity contribution in [2.45, 2.75) is 25.2 Å². The van der Waals surface area contributed by atoms with Gasteiger partial charge in [0.05, 0.1) is 12.3 Å². The fraction of sp³-hybridized carbons (Fsp3) is 0.333. The molecule has 1 aliphatic carbocycles. The third-order valence-electron chi connectivity index (χ3n) is 3.71. The van der Waals surface area contributed by atoms with Gasteiger partial charge in [0.15, 0.2) is 0 Å². The highest BCUT2D eigenvalue weighted by Gasteiger charge is 2.26. The molecule has 0 spiro atoms. The molecule has 2 heterocycles. The fourth-order valence-corrected chi connectivity index (χ4v) is 2.52. The van der Waals surface area contributed by atoms with E-state index in [1.807, 2.05) is 12.1 Å². The van der Waals surface area contributed by atoms with E-state index in [0.717, 1.165) is 48.7 Å². The lowest BCUT2D eigenvalue weighted by molar-refractivity contribution is 0.357. The van der Waals surface area contributed by atoms with E-state index in [4.69, 9.17) is 4.74 Å². The van der Waals surface area contributed by atoms with E-state index in [1.54, 1.807) is 6.07 Å². The van der Waals surface area contributed by atoms with Gasteiger partial charge >= 0.3 is 0 Å². The molecule has 4 nitrogen and oxygen atoms in total. The Hall–Kier alpha value is -2.10. The Balaban J connectivity index is 1.81. The van der Waals surface area contributed by atoms with Gasteiger partial charge in [-0.15, -0.1) is 0 Å². The van der Waals surface area contributed by atoms with Gasteiger partial charge in [0, 0.05) is 24.0 Å². The Morgan fingerprint density at radius 3 is 3.00 bits per heavy atom. The maximum atomic E-state index is 11.7. The van der Waals surface area contributed by atoms with E-state index in [2.05, 4.69) is 16.0 Å². The lowest BCUT2D eigenvalue weighted by Gasteiger charge is -2.05. The highest BCUT2D eigenvalue weighted by Crippen LogP contribution is 2.38. The second-order valence-electron chi connectivity index (χ2n) is 5.21. The molecular weight excluding hydrogens is 240 g/mol. The quantitative estimate of drug-likeness (QED) is 0.894. The van der Waals surface area contributed by atoms with Crippen LogP contribution in [0.3, 0.4) is 0 Å². The Morgan fingerprint density at radius 1 is 1.26 bits per heavy atom. The molecule has 1 aliphatic heterocycles. The van der Waals surface area contributed by atoms with Gasteiger partial charge in [-0.25, -0.2) is 4.98 Å². The van der Waals surface area contributed by atoms with E-state index < -0.39 is 0 Å². The summed E-state index contributed by atoms with van der Waals surface area (Å²) < 4.78 is 5.50. The maximum Gasteiger partial charge on any atom is 0.251 e. The number of fused-ring (bicyclic) bond motifs is 1. The smallest absolute Gasteiger partial charge is 0.251 e. The minimum atomic E-state index is -0.0661. The van der Waals surface area contributed by atoms with Gasteiger partial charge in [-0.1, -0.05) is 0 Å². The highest BCUT2D eigenvalue weighted by molar-refractivity contribution is 5.62. The number of nitrogens with one attached hydrogen (secondary N) is 1. The molecule has 0 atom stereocenters. The molecule has 0 radical (unpaired) electrons. The molecule has 0 unspecified atom stereocenters. The second kappa shape index (κ2) is 3.95. The van der Waals surface area contributed by atoms with Crippen LogP contribution in [0.4, 0.5) is 0 Å². The average molecular weight is 254 g/mol.